The van der Waals surface area contributed by atoms with Crippen LogP contribution in [0.5, 0.6) is 0 Å². The van der Waals surface area contributed by atoms with Crippen LogP contribution < -0.4 is 10.6 Å². The number of aromatic nitrogens is 2. The maximum Gasteiger partial charge on any atom is 0.151 e. The lowest BCUT2D eigenvalue weighted by Crippen LogP contribution is -1.98. The Hall–Kier alpha value is -1.75. The summed E-state index contributed by atoms with van der Waals surface area (Å²) in [5.74, 6) is 1.48. The van der Waals surface area contributed by atoms with Gasteiger partial charge in [-0.25, -0.2) is 4.98 Å². The van der Waals surface area contributed by atoms with Gasteiger partial charge >= 0.3 is 0 Å². The molecule has 0 aliphatic heterocycles. The first-order valence-electron chi connectivity index (χ1n) is 5.22. The summed E-state index contributed by atoms with van der Waals surface area (Å²) in [4.78, 5) is 9.67. The van der Waals surface area contributed by atoms with Crippen LogP contribution >= 0.6 is 11.8 Å². The van der Waals surface area contributed by atoms with Crippen molar-refractivity contribution in [3.8, 4) is 0 Å². The smallest absolute Gasteiger partial charge is 0.151 e. The normalized spacial score (nSPS) is 10.0. The molecule has 0 atom stereocenters. The standard InChI is InChI=1S/C12H14N4S/c1-13-11-7-14-8-12(16-11)15-9-4-3-5-10(6-9)17-2/h3-8H,1-2H3,(H2,13,15,16). The number of hydrogen-bond acceptors (Lipinski definition) is 5. The van der Waals surface area contributed by atoms with Crippen LogP contribution in [0, 0.1) is 0 Å². The molecule has 0 spiro atoms. The fourth-order valence-corrected chi connectivity index (χ4v) is 1.85. The zero-order valence-corrected chi connectivity index (χ0v) is 10.6. The Labute approximate surface area is 105 Å². The molecule has 1 aromatic carbocycles. The van der Waals surface area contributed by atoms with Gasteiger partial charge in [-0.1, -0.05) is 6.07 Å². The quantitative estimate of drug-likeness (QED) is 0.812. The molecule has 0 amide bonds. The van der Waals surface area contributed by atoms with E-state index in [0.717, 1.165) is 17.3 Å². The summed E-state index contributed by atoms with van der Waals surface area (Å²) < 4.78 is 0. The second kappa shape index (κ2) is 5.54. The van der Waals surface area contributed by atoms with Gasteiger partial charge in [0.25, 0.3) is 0 Å². The maximum atomic E-state index is 4.35. The van der Waals surface area contributed by atoms with Crippen molar-refractivity contribution in [3.05, 3.63) is 36.7 Å². The molecule has 5 heteroatoms. The van der Waals surface area contributed by atoms with E-state index in [1.807, 2.05) is 19.2 Å². The van der Waals surface area contributed by atoms with Crippen LogP contribution in [-0.2, 0) is 0 Å². The predicted octanol–water partition coefficient (Wildman–Crippen LogP) is 2.98. The van der Waals surface area contributed by atoms with Crippen molar-refractivity contribution in [2.45, 2.75) is 4.90 Å². The van der Waals surface area contributed by atoms with E-state index in [9.17, 15) is 0 Å². The van der Waals surface area contributed by atoms with E-state index in [4.69, 9.17) is 0 Å². The highest BCUT2D eigenvalue weighted by Crippen LogP contribution is 2.21. The topological polar surface area (TPSA) is 49.8 Å². The van der Waals surface area contributed by atoms with Gasteiger partial charge in [0.15, 0.2) is 5.82 Å². The molecule has 1 heterocycles. The summed E-state index contributed by atoms with van der Waals surface area (Å²) in [6, 6.07) is 8.18. The molecule has 17 heavy (non-hydrogen) atoms. The highest BCUT2D eigenvalue weighted by Gasteiger charge is 1.99. The lowest BCUT2D eigenvalue weighted by Gasteiger charge is -2.07. The van der Waals surface area contributed by atoms with Crippen LogP contribution in [0.2, 0.25) is 0 Å². The number of thioether (sulfide) groups is 1. The molecule has 0 unspecified atom stereocenters. The Bertz CT molecular complexity index is 456. The molecule has 2 N–H and O–H groups in total. The number of nitrogens with zero attached hydrogens (tertiary/aromatic N) is 2. The van der Waals surface area contributed by atoms with Gasteiger partial charge in [0, 0.05) is 17.6 Å². The van der Waals surface area contributed by atoms with E-state index in [1.54, 1.807) is 24.2 Å². The zero-order chi connectivity index (χ0) is 12.1. The summed E-state index contributed by atoms with van der Waals surface area (Å²) in [7, 11) is 1.82. The highest BCUT2D eigenvalue weighted by atomic mass is 32.2. The molecule has 0 saturated heterocycles. The second-order valence-electron chi connectivity index (χ2n) is 3.40. The van der Waals surface area contributed by atoms with Crippen LogP contribution in [0.1, 0.15) is 0 Å². The molecular formula is C12H14N4S. The van der Waals surface area contributed by atoms with Gasteiger partial charge in [-0.05, 0) is 24.5 Å². The first-order chi connectivity index (χ1) is 8.31. The maximum absolute atomic E-state index is 4.35. The Balaban J connectivity index is 2.18. The Morgan fingerprint density at radius 3 is 2.76 bits per heavy atom. The molecule has 2 aromatic rings. The van der Waals surface area contributed by atoms with Gasteiger partial charge in [0.2, 0.25) is 0 Å². The number of rotatable bonds is 4. The lowest BCUT2D eigenvalue weighted by atomic mass is 10.3. The van der Waals surface area contributed by atoms with Gasteiger partial charge in [-0.15, -0.1) is 11.8 Å². The minimum absolute atomic E-state index is 0.732. The molecule has 4 nitrogen and oxygen atoms in total. The summed E-state index contributed by atoms with van der Waals surface area (Å²) in [5, 5.41) is 6.18. The Morgan fingerprint density at radius 1 is 1.18 bits per heavy atom. The van der Waals surface area contributed by atoms with Crippen molar-refractivity contribution in [2.75, 3.05) is 23.9 Å². The fourth-order valence-electron chi connectivity index (χ4n) is 1.40. The highest BCUT2D eigenvalue weighted by molar-refractivity contribution is 7.98. The van der Waals surface area contributed by atoms with Crippen LogP contribution in [0.25, 0.3) is 0 Å². The molecule has 1 aromatic heterocycles. The minimum Gasteiger partial charge on any atom is -0.372 e. The SMILES string of the molecule is CNc1cncc(Nc2cccc(SC)c2)n1. The van der Waals surface area contributed by atoms with Crippen LogP contribution in [0.4, 0.5) is 17.3 Å². The number of benzene rings is 1. The van der Waals surface area contributed by atoms with Gasteiger partial charge < -0.3 is 10.6 Å². The number of nitrogens with one attached hydrogen (secondary N) is 2. The lowest BCUT2D eigenvalue weighted by molar-refractivity contribution is 1.18. The minimum atomic E-state index is 0.732. The van der Waals surface area contributed by atoms with E-state index >= 15 is 0 Å². The van der Waals surface area contributed by atoms with Gasteiger partial charge in [0.1, 0.15) is 5.82 Å². The third kappa shape index (κ3) is 3.10. The van der Waals surface area contributed by atoms with E-state index in [1.165, 1.54) is 4.90 Å². The van der Waals surface area contributed by atoms with Crippen LogP contribution in [-0.4, -0.2) is 23.3 Å². The van der Waals surface area contributed by atoms with Crippen molar-refractivity contribution >= 4 is 29.1 Å². The number of anilines is 3. The summed E-state index contributed by atoms with van der Waals surface area (Å²) in [5.41, 5.74) is 1.01. The molecule has 0 aliphatic rings. The zero-order valence-electron chi connectivity index (χ0n) is 9.77. The molecule has 0 bridgehead atoms. The van der Waals surface area contributed by atoms with Gasteiger partial charge in [-0.2, -0.15) is 0 Å². The fraction of sp³-hybridized carbons (Fsp3) is 0.167. The second-order valence-corrected chi connectivity index (χ2v) is 4.28. The van der Waals surface area contributed by atoms with E-state index in [0.29, 0.717) is 0 Å². The van der Waals surface area contributed by atoms with Crippen molar-refractivity contribution < 1.29 is 0 Å². The van der Waals surface area contributed by atoms with Crippen molar-refractivity contribution in [3.63, 3.8) is 0 Å². The average Bonchev–Trinajstić information content (AvgIpc) is 2.39. The van der Waals surface area contributed by atoms with Gasteiger partial charge in [0.05, 0.1) is 12.4 Å². The molecule has 0 saturated carbocycles. The predicted molar refractivity (Wildman–Crippen MR) is 73.1 cm³/mol. The van der Waals surface area contributed by atoms with E-state index < -0.39 is 0 Å². The third-order valence-electron chi connectivity index (χ3n) is 2.23. The largest absolute Gasteiger partial charge is 0.372 e. The summed E-state index contributed by atoms with van der Waals surface area (Å²) in [6.45, 7) is 0. The van der Waals surface area contributed by atoms with Crippen LogP contribution in [0.3, 0.4) is 0 Å². The first kappa shape index (κ1) is 11.7. The molecule has 0 aliphatic carbocycles. The first-order valence-corrected chi connectivity index (χ1v) is 6.45. The molecule has 0 radical (unpaired) electrons. The monoisotopic (exact) mass is 246 g/mol. The molecular weight excluding hydrogens is 232 g/mol. The number of hydrogen-bond donors (Lipinski definition) is 2. The average molecular weight is 246 g/mol. The van der Waals surface area contributed by atoms with Crippen LogP contribution in [0.15, 0.2) is 41.6 Å². The van der Waals surface area contributed by atoms with E-state index in [-0.39, 0.29) is 0 Å². The van der Waals surface area contributed by atoms with E-state index in [2.05, 4.69) is 39.0 Å². The molecule has 2 rings (SSSR count). The van der Waals surface area contributed by atoms with Crippen molar-refractivity contribution in [1.29, 1.82) is 0 Å². The van der Waals surface area contributed by atoms with Gasteiger partial charge in [-0.3, -0.25) is 4.98 Å². The summed E-state index contributed by atoms with van der Waals surface area (Å²) in [6.07, 6.45) is 5.44. The third-order valence-corrected chi connectivity index (χ3v) is 2.96. The Kier molecular flexibility index (Phi) is 3.82. The van der Waals surface area contributed by atoms with Crippen molar-refractivity contribution in [2.24, 2.45) is 0 Å². The molecule has 0 fully saturated rings. The summed E-state index contributed by atoms with van der Waals surface area (Å²) >= 11 is 1.71. The Morgan fingerprint density at radius 2 is 2.00 bits per heavy atom. The van der Waals surface area contributed by atoms with Crippen molar-refractivity contribution in [1.82, 2.24) is 9.97 Å². The molecule has 88 valence electrons.